The molecule has 0 N–H and O–H groups in total. The van der Waals surface area contributed by atoms with Gasteiger partial charge in [0.05, 0.1) is 0 Å². The molecule has 1 spiro atoms. The highest BCUT2D eigenvalue weighted by Gasteiger charge is 2.58. The zero-order valence-electron chi connectivity index (χ0n) is 13.7. The molecule has 22 heavy (non-hydrogen) atoms. The van der Waals surface area contributed by atoms with E-state index < -0.39 is 0 Å². The minimum atomic E-state index is 0.159. The van der Waals surface area contributed by atoms with E-state index in [2.05, 4.69) is 17.2 Å². The number of hydrogen-bond acceptors (Lipinski definition) is 4. The maximum absolute atomic E-state index is 12.8. The van der Waals surface area contributed by atoms with Crippen LogP contribution in [-0.2, 0) is 4.79 Å². The average Bonchev–Trinajstić information content (AvgIpc) is 2.89. The van der Waals surface area contributed by atoms with Gasteiger partial charge in [-0.1, -0.05) is 32.6 Å². The molecular weight excluding hydrogens is 292 g/mol. The van der Waals surface area contributed by atoms with E-state index in [1.54, 1.807) is 0 Å². The zero-order valence-corrected chi connectivity index (χ0v) is 14.5. The molecule has 4 atom stereocenters. The van der Waals surface area contributed by atoms with Crippen molar-refractivity contribution in [3.8, 4) is 5.40 Å². The third-order valence-electron chi connectivity index (χ3n) is 6.27. The molecule has 0 bridgehead atoms. The Bertz CT molecular complexity index is 460. The SMILES string of the molecule is CCCC[C@H]1CC(=O)[C@@H]2CCCC[C@@]23CC[C@H](CSC#N)N13. The lowest BCUT2D eigenvalue weighted by atomic mass is 9.65. The van der Waals surface area contributed by atoms with Gasteiger partial charge >= 0.3 is 0 Å². The monoisotopic (exact) mass is 320 g/mol. The molecule has 122 valence electrons. The second-order valence-electron chi connectivity index (χ2n) is 7.37. The fourth-order valence-corrected chi connectivity index (χ4v) is 6.05. The van der Waals surface area contributed by atoms with E-state index in [-0.39, 0.29) is 11.5 Å². The smallest absolute Gasteiger partial charge is 0.139 e. The molecule has 0 aromatic rings. The standard InChI is InChI=1S/C18H28N2OS/c1-2-3-6-14-11-17(21)16-7-4-5-9-18(16)10-8-15(20(14)18)12-22-13-19/h14-16H,2-12H2,1H3/t14-,15+,16-,18+/m0/s1. The second-order valence-corrected chi connectivity index (χ2v) is 8.18. The van der Waals surface area contributed by atoms with Crippen LogP contribution < -0.4 is 0 Å². The maximum Gasteiger partial charge on any atom is 0.139 e. The molecule has 0 aromatic carbocycles. The van der Waals surface area contributed by atoms with Crippen molar-refractivity contribution in [3.63, 3.8) is 0 Å². The van der Waals surface area contributed by atoms with Crippen LogP contribution in [0.25, 0.3) is 0 Å². The number of thiocyanates is 1. The number of nitriles is 1. The first-order valence-electron chi connectivity index (χ1n) is 9.05. The average molecular weight is 321 g/mol. The minimum Gasteiger partial charge on any atom is -0.299 e. The van der Waals surface area contributed by atoms with Gasteiger partial charge < -0.3 is 0 Å². The number of nitrogens with zero attached hydrogens (tertiary/aromatic N) is 2. The van der Waals surface area contributed by atoms with Gasteiger partial charge in [0, 0.05) is 35.7 Å². The molecule has 1 aliphatic carbocycles. The first-order valence-corrected chi connectivity index (χ1v) is 10.0. The molecule has 2 aliphatic heterocycles. The number of piperidine rings is 1. The molecule has 2 saturated heterocycles. The minimum absolute atomic E-state index is 0.159. The first-order chi connectivity index (χ1) is 10.7. The molecule has 3 aliphatic rings. The molecule has 3 nitrogen and oxygen atoms in total. The van der Waals surface area contributed by atoms with E-state index >= 15 is 0 Å². The molecule has 0 aromatic heterocycles. The van der Waals surface area contributed by atoms with E-state index in [0.29, 0.717) is 17.9 Å². The highest BCUT2D eigenvalue weighted by molar-refractivity contribution is 8.03. The summed E-state index contributed by atoms with van der Waals surface area (Å²) in [7, 11) is 0. The van der Waals surface area contributed by atoms with E-state index in [1.165, 1.54) is 56.7 Å². The lowest BCUT2D eigenvalue weighted by Gasteiger charge is -2.55. The Morgan fingerprint density at radius 2 is 2.18 bits per heavy atom. The highest BCUT2D eigenvalue weighted by Crippen LogP contribution is 2.53. The van der Waals surface area contributed by atoms with Crippen LogP contribution in [-0.4, -0.2) is 34.1 Å². The van der Waals surface area contributed by atoms with E-state index in [1.807, 2.05) is 0 Å². The summed E-state index contributed by atoms with van der Waals surface area (Å²) in [6.07, 6.45) is 11.5. The van der Waals surface area contributed by atoms with E-state index in [4.69, 9.17) is 5.26 Å². The Kier molecular flexibility index (Phi) is 5.14. The number of carbonyl (C=O) groups is 1. The summed E-state index contributed by atoms with van der Waals surface area (Å²) in [5, 5.41) is 11.2. The van der Waals surface area contributed by atoms with Gasteiger partial charge in [-0.05, 0) is 43.9 Å². The van der Waals surface area contributed by atoms with Crippen molar-refractivity contribution in [1.29, 1.82) is 5.26 Å². The quantitative estimate of drug-likeness (QED) is 0.715. The van der Waals surface area contributed by atoms with Gasteiger partial charge in [0.25, 0.3) is 0 Å². The van der Waals surface area contributed by atoms with Gasteiger partial charge in [0.15, 0.2) is 0 Å². The van der Waals surface area contributed by atoms with Crippen molar-refractivity contribution >= 4 is 17.5 Å². The maximum atomic E-state index is 12.8. The number of unbranched alkanes of at least 4 members (excludes halogenated alkanes) is 1. The molecule has 3 fully saturated rings. The first kappa shape index (κ1) is 16.3. The predicted octanol–water partition coefficient (Wildman–Crippen LogP) is 4.13. The van der Waals surface area contributed by atoms with Gasteiger partial charge in [-0.3, -0.25) is 9.69 Å². The van der Waals surface area contributed by atoms with E-state index in [0.717, 1.165) is 25.0 Å². The van der Waals surface area contributed by atoms with Crippen molar-refractivity contribution in [2.24, 2.45) is 5.92 Å². The molecule has 2 heterocycles. The fourth-order valence-electron chi connectivity index (χ4n) is 5.45. The molecule has 1 saturated carbocycles. The van der Waals surface area contributed by atoms with Gasteiger partial charge in [0.1, 0.15) is 11.2 Å². The molecule has 3 rings (SSSR count). The summed E-state index contributed by atoms with van der Waals surface area (Å²) in [6.45, 7) is 2.23. The number of rotatable bonds is 5. The fraction of sp³-hybridized carbons (Fsp3) is 0.889. The van der Waals surface area contributed by atoms with Crippen LogP contribution >= 0.6 is 11.8 Å². The van der Waals surface area contributed by atoms with Crippen molar-refractivity contribution in [3.05, 3.63) is 0 Å². The Labute approximate surface area is 138 Å². The summed E-state index contributed by atoms with van der Waals surface area (Å²) < 4.78 is 0. The highest BCUT2D eigenvalue weighted by atomic mass is 32.2. The van der Waals surface area contributed by atoms with Crippen LogP contribution in [0.3, 0.4) is 0 Å². The van der Waals surface area contributed by atoms with Gasteiger partial charge in [0.2, 0.25) is 0 Å². The molecule has 0 amide bonds. The summed E-state index contributed by atoms with van der Waals surface area (Å²) in [6, 6.07) is 0.953. The van der Waals surface area contributed by atoms with Crippen molar-refractivity contribution in [2.45, 2.75) is 88.8 Å². The van der Waals surface area contributed by atoms with Gasteiger partial charge in [-0.25, -0.2) is 0 Å². The lowest BCUT2D eigenvalue weighted by Crippen LogP contribution is -2.64. The van der Waals surface area contributed by atoms with Crippen molar-refractivity contribution in [2.75, 3.05) is 5.75 Å². The zero-order chi connectivity index (χ0) is 15.6. The summed E-state index contributed by atoms with van der Waals surface area (Å²) in [5.41, 5.74) is 0.159. The van der Waals surface area contributed by atoms with Crippen LogP contribution in [0.5, 0.6) is 0 Å². The Balaban J connectivity index is 1.87. The number of ketones is 1. The summed E-state index contributed by atoms with van der Waals surface area (Å²) >= 11 is 1.40. The lowest BCUT2D eigenvalue weighted by molar-refractivity contribution is -0.142. The predicted molar refractivity (Wildman–Crippen MR) is 90.6 cm³/mol. The van der Waals surface area contributed by atoms with Crippen LogP contribution in [0.1, 0.15) is 71.1 Å². The Morgan fingerprint density at radius 1 is 1.32 bits per heavy atom. The topological polar surface area (TPSA) is 44.1 Å². The molecular formula is C18H28N2OS. The summed E-state index contributed by atoms with van der Waals surface area (Å²) in [4.78, 5) is 15.5. The Hall–Kier alpha value is -0.530. The second kappa shape index (κ2) is 6.93. The van der Waals surface area contributed by atoms with Crippen LogP contribution in [0, 0.1) is 16.6 Å². The summed E-state index contributed by atoms with van der Waals surface area (Å²) in [5.74, 6) is 1.75. The molecule has 4 heteroatoms. The van der Waals surface area contributed by atoms with Crippen LogP contribution in [0.2, 0.25) is 0 Å². The Morgan fingerprint density at radius 3 is 2.95 bits per heavy atom. The number of thioether (sulfide) groups is 1. The van der Waals surface area contributed by atoms with Crippen LogP contribution in [0.15, 0.2) is 0 Å². The number of carbonyl (C=O) groups excluding carboxylic acids is 1. The third-order valence-corrected chi connectivity index (χ3v) is 6.95. The largest absolute Gasteiger partial charge is 0.299 e. The van der Waals surface area contributed by atoms with Crippen molar-refractivity contribution in [1.82, 2.24) is 4.90 Å². The third kappa shape index (κ3) is 2.71. The van der Waals surface area contributed by atoms with Crippen LogP contribution in [0.4, 0.5) is 0 Å². The molecule has 0 unspecified atom stereocenters. The number of Topliss-reactive ketones (excluding diaryl/α,β-unsaturated/α-hetero) is 1. The van der Waals surface area contributed by atoms with Gasteiger partial charge in [-0.2, -0.15) is 5.26 Å². The van der Waals surface area contributed by atoms with Gasteiger partial charge in [-0.15, -0.1) is 0 Å². The van der Waals surface area contributed by atoms with Crippen molar-refractivity contribution < 1.29 is 4.79 Å². The number of hydrogen-bond donors (Lipinski definition) is 0. The van der Waals surface area contributed by atoms with E-state index in [9.17, 15) is 4.79 Å². The normalized spacial score (nSPS) is 38.4. The molecule has 0 radical (unpaired) electrons.